The molecule has 0 saturated heterocycles. The first-order chi connectivity index (χ1) is 14.0. The van der Waals surface area contributed by atoms with Gasteiger partial charge in [0.25, 0.3) is 0 Å². The van der Waals surface area contributed by atoms with Crippen LogP contribution in [0.5, 0.6) is 5.75 Å². The monoisotopic (exact) mass is 410 g/mol. The predicted octanol–water partition coefficient (Wildman–Crippen LogP) is 6.56. The Hall–Kier alpha value is -2.57. The summed E-state index contributed by atoms with van der Waals surface area (Å²) in [5.41, 5.74) is 1.30. The number of allylic oxidation sites excluding steroid dienone is 1. The van der Waals surface area contributed by atoms with Gasteiger partial charge in [0, 0.05) is 11.1 Å². The van der Waals surface area contributed by atoms with Crippen LogP contribution in [0.4, 0.5) is 4.39 Å². The van der Waals surface area contributed by atoms with Gasteiger partial charge in [0.05, 0.1) is 10.9 Å². The maximum atomic E-state index is 13.5. The highest BCUT2D eigenvalue weighted by atomic mass is 35.5. The van der Waals surface area contributed by atoms with Gasteiger partial charge in [-0.25, -0.2) is 4.39 Å². The lowest BCUT2D eigenvalue weighted by molar-refractivity contribution is -0.140. The molecule has 29 heavy (non-hydrogen) atoms. The van der Waals surface area contributed by atoms with Crippen molar-refractivity contribution in [2.24, 2.45) is 11.8 Å². The Balaban J connectivity index is 1.53. The van der Waals surface area contributed by atoms with Crippen LogP contribution in [-0.2, 0) is 4.79 Å². The zero-order valence-corrected chi connectivity index (χ0v) is 17.1. The first-order valence-corrected chi connectivity index (χ1v) is 10.3. The van der Waals surface area contributed by atoms with Gasteiger partial charge in [-0.15, -0.1) is 6.58 Å². The van der Waals surface area contributed by atoms with Crippen molar-refractivity contribution in [3.8, 4) is 17.6 Å². The molecule has 2 aromatic rings. The summed E-state index contributed by atoms with van der Waals surface area (Å²) in [6, 6.07) is 11.5. The van der Waals surface area contributed by atoms with Crippen LogP contribution in [0.25, 0.3) is 0 Å². The van der Waals surface area contributed by atoms with Crippen LogP contribution >= 0.6 is 11.6 Å². The van der Waals surface area contributed by atoms with E-state index >= 15 is 0 Å². The molecule has 1 fully saturated rings. The maximum absolute atomic E-state index is 13.5. The van der Waals surface area contributed by atoms with Crippen LogP contribution in [0.15, 0.2) is 55.1 Å². The summed E-state index contributed by atoms with van der Waals surface area (Å²) in [4.78, 5) is 12.4. The summed E-state index contributed by atoms with van der Waals surface area (Å²) in [6.45, 7) is 3.77. The van der Waals surface area contributed by atoms with Crippen LogP contribution in [0, 0.1) is 29.5 Å². The summed E-state index contributed by atoms with van der Waals surface area (Å²) in [6.07, 6.45) is 8.10. The first kappa shape index (κ1) is 21.1. The van der Waals surface area contributed by atoms with E-state index in [0.717, 1.165) is 44.1 Å². The van der Waals surface area contributed by atoms with Gasteiger partial charge in [-0.3, -0.25) is 4.79 Å². The zero-order chi connectivity index (χ0) is 20.6. The number of hydrogen-bond acceptors (Lipinski definition) is 2. The van der Waals surface area contributed by atoms with Crippen LogP contribution in [-0.4, -0.2) is 5.97 Å². The third-order valence-corrected chi connectivity index (χ3v) is 5.61. The van der Waals surface area contributed by atoms with Crippen LogP contribution in [0.2, 0.25) is 5.02 Å². The van der Waals surface area contributed by atoms with Crippen LogP contribution < -0.4 is 4.74 Å². The van der Waals surface area contributed by atoms with E-state index < -0.39 is 5.82 Å². The van der Waals surface area contributed by atoms with Gasteiger partial charge < -0.3 is 4.74 Å². The average molecular weight is 411 g/mol. The molecule has 1 aliphatic carbocycles. The Morgan fingerprint density at radius 3 is 2.41 bits per heavy atom. The largest absolute Gasteiger partial charge is 0.426 e. The second-order valence-electron chi connectivity index (χ2n) is 7.41. The maximum Gasteiger partial charge on any atom is 0.314 e. The van der Waals surface area contributed by atoms with E-state index in [1.807, 2.05) is 6.08 Å². The molecule has 0 atom stereocenters. The minimum atomic E-state index is -0.490. The second-order valence-corrected chi connectivity index (χ2v) is 7.82. The molecule has 0 spiro atoms. The minimum absolute atomic E-state index is 0.0192. The summed E-state index contributed by atoms with van der Waals surface area (Å²) >= 11 is 5.67. The SMILES string of the molecule is C=CCC[C@H]1CC[C@H](C(=O)Oc2ccc(C#Cc3ccc(Cl)c(F)c3)cc2)CC1. The number of rotatable bonds is 5. The molecule has 0 N–H and O–H groups in total. The fraction of sp³-hybridized carbons (Fsp3) is 0.320. The Kier molecular flexibility index (Phi) is 7.49. The zero-order valence-electron chi connectivity index (χ0n) is 16.3. The van der Waals surface area contributed by atoms with Crippen LogP contribution in [0.3, 0.4) is 0 Å². The molecular formula is C25H24ClFO2. The Labute approximate surface area is 176 Å². The number of hydrogen-bond donors (Lipinski definition) is 0. The molecule has 0 radical (unpaired) electrons. The highest BCUT2D eigenvalue weighted by Crippen LogP contribution is 2.32. The Bertz CT molecular complexity index is 916. The van der Waals surface area contributed by atoms with Crippen molar-refractivity contribution in [2.75, 3.05) is 0 Å². The highest BCUT2D eigenvalue weighted by molar-refractivity contribution is 6.30. The van der Waals surface area contributed by atoms with Gasteiger partial charge in [-0.1, -0.05) is 29.5 Å². The Morgan fingerprint density at radius 2 is 1.76 bits per heavy atom. The quantitative estimate of drug-likeness (QED) is 0.241. The smallest absolute Gasteiger partial charge is 0.314 e. The molecular weight excluding hydrogens is 387 g/mol. The number of halogens is 2. The molecule has 0 bridgehead atoms. The van der Waals surface area contributed by atoms with E-state index in [4.69, 9.17) is 16.3 Å². The summed E-state index contributed by atoms with van der Waals surface area (Å²) in [7, 11) is 0. The van der Waals surface area contributed by atoms with Crippen molar-refractivity contribution < 1.29 is 13.9 Å². The minimum Gasteiger partial charge on any atom is -0.426 e. The molecule has 2 aromatic carbocycles. The summed E-state index contributed by atoms with van der Waals surface area (Å²) < 4.78 is 19.0. The third kappa shape index (κ3) is 6.21. The average Bonchev–Trinajstić information content (AvgIpc) is 2.74. The lowest BCUT2D eigenvalue weighted by Gasteiger charge is -2.26. The van der Waals surface area contributed by atoms with Crippen LogP contribution in [0.1, 0.15) is 49.7 Å². The summed E-state index contributed by atoms with van der Waals surface area (Å²) in [5.74, 6) is 6.42. The second kappa shape index (κ2) is 10.3. The summed E-state index contributed by atoms with van der Waals surface area (Å²) in [5, 5.41) is 0.0759. The molecule has 1 aliphatic rings. The van der Waals surface area contributed by atoms with Crippen molar-refractivity contribution in [2.45, 2.75) is 38.5 Å². The molecule has 4 heteroatoms. The van der Waals surface area contributed by atoms with E-state index in [9.17, 15) is 9.18 Å². The van der Waals surface area contributed by atoms with Gasteiger partial charge >= 0.3 is 5.97 Å². The predicted molar refractivity (Wildman–Crippen MR) is 114 cm³/mol. The normalized spacial score (nSPS) is 18.4. The van der Waals surface area contributed by atoms with E-state index in [0.29, 0.717) is 17.2 Å². The standard InChI is InChI=1S/C25H24ClFO2/c1-2-3-4-18-7-12-21(13-8-18)25(28)29-22-14-9-19(10-15-22)5-6-20-11-16-23(26)24(27)17-20/h2,9-11,14-18,21H,1,3-4,7-8,12-13H2/t18-,21-. The van der Waals surface area contributed by atoms with Crippen molar-refractivity contribution in [1.82, 2.24) is 0 Å². The van der Waals surface area contributed by atoms with Gasteiger partial charge in [-0.2, -0.15) is 0 Å². The van der Waals surface area contributed by atoms with Crippen molar-refractivity contribution >= 4 is 17.6 Å². The van der Waals surface area contributed by atoms with Gasteiger partial charge in [0.15, 0.2) is 0 Å². The molecule has 0 unspecified atom stereocenters. The van der Waals surface area contributed by atoms with E-state index in [1.165, 1.54) is 12.1 Å². The number of carbonyl (C=O) groups excluding carboxylic acids is 1. The van der Waals surface area contributed by atoms with E-state index in [1.54, 1.807) is 30.3 Å². The molecule has 0 heterocycles. The third-order valence-electron chi connectivity index (χ3n) is 5.30. The fourth-order valence-electron chi connectivity index (χ4n) is 3.56. The lowest BCUT2D eigenvalue weighted by Crippen LogP contribution is -2.25. The molecule has 0 amide bonds. The van der Waals surface area contributed by atoms with Crippen molar-refractivity contribution in [3.63, 3.8) is 0 Å². The van der Waals surface area contributed by atoms with Gasteiger partial charge in [0.1, 0.15) is 11.6 Å². The molecule has 150 valence electrons. The molecule has 3 rings (SSSR count). The molecule has 2 nitrogen and oxygen atoms in total. The molecule has 1 saturated carbocycles. The number of carbonyl (C=O) groups is 1. The van der Waals surface area contributed by atoms with E-state index in [-0.39, 0.29) is 16.9 Å². The van der Waals surface area contributed by atoms with Gasteiger partial charge in [0.2, 0.25) is 0 Å². The topological polar surface area (TPSA) is 26.3 Å². The van der Waals surface area contributed by atoms with Crippen molar-refractivity contribution in [3.05, 3.63) is 77.1 Å². The van der Waals surface area contributed by atoms with Gasteiger partial charge in [-0.05, 0) is 86.9 Å². The number of ether oxygens (including phenoxy) is 1. The fourth-order valence-corrected chi connectivity index (χ4v) is 3.68. The van der Waals surface area contributed by atoms with Crippen molar-refractivity contribution in [1.29, 1.82) is 0 Å². The molecule has 0 aliphatic heterocycles. The Morgan fingerprint density at radius 1 is 1.10 bits per heavy atom. The number of benzene rings is 2. The highest BCUT2D eigenvalue weighted by Gasteiger charge is 2.27. The van der Waals surface area contributed by atoms with E-state index in [2.05, 4.69) is 18.4 Å². The number of esters is 1. The lowest BCUT2D eigenvalue weighted by atomic mass is 9.80. The molecule has 0 aromatic heterocycles. The first-order valence-electron chi connectivity index (χ1n) is 9.95.